The van der Waals surface area contributed by atoms with Crippen molar-refractivity contribution in [2.75, 3.05) is 4.90 Å². The average Bonchev–Trinajstić information content (AvgIpc) is 2.38. The molecular formula is C14H19N2O. The molecule has 0 saturated heterocycles. The first-order valence-electron chi connectivity index (χ1n) is 6.33. The highest BCUT2D eigenvalue weighted by molar-refractivity contribution is 5.91. The molecule has 2 rings (SSSR count). The summed E-state index contributed by atoms with van der Waals surface area (Å²) in [5, 5.41) is 0. The molecule has 3 nitrogen and oxygen atoms in total. The summed E-state index contributed by atoms with van der Waals surface area (Å²) in [5.41, 5.74) is 0. The zero-order valence-corrected chi connectivity index (χ0v) is 10.3. The average molecular weight is 231 g/mol. The maximum Gasteiger partial charge on any atom is 0.225 e. The molecule has 1 aromatic heterocycles. The molecule has 91 valence electrons. The molecule has 0 N–H and O–H groups in total. The summed E-state index contributed by atoms with van der Waals surface area (Å²) in [6.07, 6.45) is 7.98. The van der Waals surface area contributed by atoms with Crippen molar-refractivity contribution in [1.82, 2.24) is 4.98 Å². The summed E-state index contributed by atoms with van der Waals surface area (Å²) < 4.78 is 0. The first kappa shape index (κ1) is 12.1. The number of carbonyl (C=O) groups excluding carboxylic acids is 1. The van der Waals surface area contributed by atoms with E-state index in [-0.39, 0.29) is 5.91 Å². The van der Waals surface area contributed by atoms with E-state index < -0.39 is 0 Å². The van der Waals surface area contributed by atoms with Gasteiger partial charge in [0.2, 0.25) is 5.91 Å². The van der Waals surface area contributed by atoms with Crippen molar-refractivity contribution in [1.29, 1.82) is 0 Å². The predicted molar refractivity (Wildman–Crippen MR) is 68.3 cm³/mol. The number of anilines is 1. The number of hydrogen-bond acceptors (Lipinski definition) is 2. The minimum atomic E-state index is 0.0364. The van der Waals surface area contributed by atoms with Gasteiger partial charge >= 0.3 is 0 Å². The molecule has 1 saturated carbocycles. The van der Waals surface area contributed by atoms with Crippen molar-refractivity contribution in [2.24, 2.45) is 5.92 Å². The van der Waals surface area contributed by atoms with Crippen LogP contribution >= 0.6 is 0 Å². The second-order valence-corrected chi connectivity index (χ2v) is 4.62. The number of aromatic nitrogens is 1. The van der Waals surface area contributed by atoms with Gasteiger partial charge in [0.05, 0.1) is 6.54 Å². The van der Waals surface area contributed by atoms with Crippen LogP contribution in [0.25, 0.3) is 0 Å². The van der Waals surface area contributed by atoms with E-state index in [9.17, 15) is 4.79 Å². The Morgan fingerprint density at radius 1 is 1.35 bits per heavy atom. The van der Waals surface area contributed by atoms with Gasteiger partial charge in [-0.1, -0.05) is 25.3 Å². The summed E-state index contributed by atoms with van der Waals surface area (Å²) in [5.74, 6) is 1.29. The van der Waals surface area contributed by atoms with Crippen LogP contribution in [0.1, 0.15) is 39.0 Å². The van der Waals surface area contributed by atoms with E-state index in [1.54, 1.807) is 18.0 Å². The van der Waals surface area contributed by atoms with Crippen LogP contribution < -0.4 is 4.90 Å². The smallest absolute Gasteiger partial charge is 0.225 e. The van der Waals surface area contributed by atoms with Crippen molar-refractivity contribution in [3.8, 4) is 0 Å². The maximum atomic E-state index is 11.7. The Morgan fingerprint density at radius 2 is 2.12 bits per heavy atom. The standard InChI is InChI=1S/C14H19N2O/c1-12(17)16(14-9-5-6-10-15-14)11-13-7-3-2-4-8-13/h5-6,9-11,13H,2-4,7-8H2,1H3. The topological polar surface area (TPSA) is 33.2 Å². The third-order valence-corrected chi connectivity index (χ3v) is 3.25. The van der Waals surface area contributed by atoms with Crippen LogP contribution in [0.2, 0.25) is 0 Å². The van der Waals surface area contributed by atoms with Crippen molar-refractivity contribution in [2.45, 2.75) is 39.0 Å². The van der Waals surface area contributed by atoms with Gasteiger partial charge in [-0.3, -0.25) is 9.69 Å². The Bertz CT molecular complexity index is 358. The van der Waals surface area contributed by atoms with E-state index in [4.69, 9.17) is 0 Å². The van der Waals surface area contributed by atoms with Crippen LogP contribution in [-0.4, -0.2) is 10.9 Å². The minimum absolute atomic E-state index is 0.0364. The molecule has 1 heterocycles. The summed E-state index contributed by atoms with van der Waals surface area (Å²) in [7, 11) is 0. The molecule has 0 bridgehead atoms. The molecule has 1 amide bonds. The molecule has 1 aliphatic rings. The fraction of sp³-hybridized carbons (Fsp3) is 0.500. The highest BCUT2D eigenvalue weighted by atomic mass is 16.2. The first-order chi connectivity index (χ1) is 8.27. The molecule has 1 fully saturated rings. The number of nitrogens with zero attached hydrogens (tertiary/aromatic N) is 2. The molecule has 1 aliphatic carbocycles. The van der Waals surface area contributed by atoms with Crippen LogP contribution in [0.15, 0.2) is 24.4 Å². The van der Waals surface area contributed by atoms with Gasteiger partial charge in [-0.15, -0.1) is 0 Å². The van der Waals surface area contributed by atoms with Crippen molar-refractivity contribution in [3.05, 3.63) is 30.9 Å². The normalized spacial score (nSPS) is 16.8. The maximum absolute atomic E-state index is 11.7. The lowest BCUT2D eigenvalue weighted by Crippen LogP contribution is -2.30. The van der Waals surface area contributed by atoms with Gasteiger partial charge in [0.1, 0.15) is 5.82 Å². The molecule has 0 unspecified atom stereocenters. The fourth-order valence-electron chi connectivity index (χ4n) is 2.33. The Hall–Kier alpha value is -1.38. The third-order valence-electron chi connectivity index (χ3n) is 3.25. The quantitative estimate of drug-likeness (QED) is 0.800. The number of carbonyl (C=O) groups is 1. The van der Waals surface area contributed by atoms with Crippen LogP contribution in [0.5, 0.6) is 0 Å². The Balaban J connectivity index is 2.05. The molecule has 0 atom stereocenters. The van der Waals surface area contributed by atoms with E-state index in [1.165, 1.54) is 32.1 Å². The van der Waals surface area contributed by atoms with Gasteiger partial charge in [0.25, 0.3) is 0 Å². The molecule has 0 spiro atoms. The zero-order valence-electron chi connectivity index (χ0n) is 10.3. The van der Waals surface area contributed by atoms with Crippen LogP contribution in [0, 0.1) is 12.5 Å². The third kappa shape index (κ3) is 3.29. The number of pyridine rings is 1. The Kier molecular flexibility index (Phi) is 4.13. The van der Waals surface area contributed by atoms with Crippen LogP contribution in [0.4, 0.5) is 5.82 Å². The summed E-state index contributed by atoms with van der Waals surface area (Å²) >= 11 is 0. The molecule has 1 radical (unpaired) electrons. The van der Waals surface area contributed by atoms with Gasteiger partial charge in [-0.05, 0) is 30.9 Å². The van der Waals surface area contributed by atoms with Gasteiger partial charge in [-0.25, -0.2) is 4.98 Å². The van der Waals surface area contributed by atoms with Crippen molar-refractivity contribution < 1.29 is 4.79 Å². The Labute approximate surface area is 103 Å². The first-order valence-corrected chi connectivity index (χ1v) is 6.33. The highest BCUT2D eigenvalue weighted by Gasteiger charge is 2.21. The second-order valence-electron chi connectivity index (χ2n) is 4.62. The van der Waals surface area contributed by atoms with E-state index in [0.29, 0.717) is 5.92 Å². The molecule has 17 heavy (non-hydrogen) atoms. The van der Waals surface area contributed by atoms with E-state index in [2.05, 4.69) is 11.5 Å². The summed E-state index contributed by atoms with van der Waals surface area (Å²) in [6.45, 7) is 3.65. The number of amides is 1. The minimum Gasteiger partial charge on any atom is -0.292 e. The van der Waals surface area contributed by atoms with Crippen LogP contribution in [0.3, 0.4) is 0 Å². The second kappa shape index (κ2) is 5.80. The van der Waals surface area contributed by atoms with Gasteiger partial charge in [-0.2, -0.15) is 0 Å². The van der Waals surface area contributed by atoms with E-state index in [0.717, 1.165) is 5.82 Å². The largest absolute Gasteiger partial charge is 0.292 e. The molecule has 1 aromatic rings. The lowest BCUT2D eigenvalue weighted by atomic mass is 9.89. The highest BCUT2D eigenvalue weighted by Crippen LogP contribution is 2.28. The zero-order chi connectivity index (χ0) is 12.1. The summed E-state index contributed by atoms with van der Waals surface area (Å²) in [6, 6.07) is 5.65. The fourth-order valence-corrected chi connectivity index (χ4v) is 2.33. The van der Waals surface area contributed by atoms with Crippen molar-refractivity contribution >= 4 is 11.7 Å². The molecule has 0 aliphatic heterocycles. The monoisotopic (exact) mass is 231 g/mol. The number of hydrogen-bond donors (Lipinski definition) is 0. The molecule has 3 heteroatoms. The Morgan fingerprint density at radius 3 is 2.71 bits per heavy atom. The number of rotatable bonds is 3. The predicted octanol–water partition coefficient (Wildman–Crippen LogP) is 3.18. The summed E-state index contributed by atoms with van der Waals surface area (Å²) in [4.78, 5) is 17.6. The van der Waals surface area contributed by atoms with Gasteiger partial charge < -0.3 is 0 Å². The van der Waals surface area contributed by atoms with Gasteiger partial charge in [0.15, 0.2) is 0 Å². The van der Waals surface area contributed by atoms with Gasteiger partial charge in [0, 0.05) is 13.1 Å². The molecular weight excluding hydrogens is 212 g/mol. The van der Waals surface area contributed by atoms with E-state index in [1.807, 2.05) is 18.2 Å². The SMILES string of the molecule is CC(=O)N([CH]C1CCCCC1)c1ccccn1. The lowest BCUT2D eigenvalue weighted by molar-refractivity contribution is -0.116. The van der Waals surface area contributed by atoms with Crippen molar-refractivity contribution in [3.63, 3.8) is 0 Å². The lowest BCUT2D eigenvalue weighted by Gasteiger charge is -2.27. The van der Waals surface area contributed by atoms with Crippen LogP contribution in [-0.2, 0) is 4.79 Å². The molecule has 0 aromatic carbocycles. The van der Waals surface area contributed by atoms with E-state index >= 15 is 0 Å².